The molecule has 1 nitrogen and oxygen atoms in total. The van der Waals surface area contributed by atoms with Crippen molar-refractivity contribution in [1.82, 2.24) is 0 Å². The van der Waals surface area contributed by atoms with Crippen molar-refractivity contribution in [2.75, 3.05) is 0 Å². The van der Waals surface area contributed by atoms with Crippen LogP contribution in [0, 0.1) is 23.7 Å². The quantitative estimate of drug-likeness (QED) is 0.537. The molecule has 1 heteroatoms. The van der Waals surface area contributed by atoms with E-state index in [1.807, 2.05) is 0 Å². The average Bonchev–Trinajstić information content (AvgIpc) is 2.61. The highest BCUT2D eigenvalue weighted by atomic mass is 16.1. The van der Waals surface area contributed by atoms with Gasteiger partial charge in [-0.05, 0) is 37.0 Å². The molecule has 3 saturated carbocycles. The van der Waals surface area contributed by atoms with Crippen LogP contribution in [0.4, 0.5) is 0 Å². The van der Waals surface area contributed by atoms with E-state index in [0.29, 0.717) is 11.7 Å². The number of carbonyl (C=O) groups is 1. The van der Waals surface area contributed by atoms with Crippen LogP contribution in [0.5, 0.6) is 0 Å². The van der Waals surface area contributed by atoms with Crippen LogP contribution in [-0.4, -0.2) is 5.78 Å². The number of fused-ring (bicyclic) bond motifs is 3. The molecule has 0 amide bonds. The second-order valence-corrected chi connectivity index (χ2v) is 4.88. The predicted octanol–water partition coefficient (Wildman–Crippen LogP) is 2.40. The molecule has 3 fully saturated rings. The maximum Gasteiger partial charge on any atom is 0.136 e. The van der Waals surface area contributed by atoms with Crippen LogP contribution in [0.2, 0.25) is 0 Å². The summed E-state index contributed by atoms with van der Waals surface area (Å²) in [5.41, 5.74) is 0. The van der Waals surface area contributed by atoms with E-state index in [1.165, 1.54) is 32.1 Å². The number of carbonyl (C=O) groups excluding carboxylic acids is 1. The molecule has 0 aromatic rings. The Morgan fingerprint density at radius 1 is 1.08 bits per heavy atom. The summed E-state index contributed by atoms with van der Waals surface area (Å²) in [6, 6.07) is 0. The lowest BCUT2D eigenvalue weighted by molar-refractivity contribution is -0.122. The first-order valence-electron chi connectivity index (χ1n) is 5.39. The zero-order chi connectivity index (χ0) is 8.13. The van der Waals surface area contributed by atoms with Crippen molar-refractivity contribution < 1.29 is 4.79 Å². The van der Waals surface area contributed by atoms with Crippen molar-refractivity contribution in [2.24, 2.45) is 23.7 Å². The van der Waals surface area contributed by atoms with Crippen molar-refractivity contribution in [1.29, 1.82) is 0 Å². The Bertz CT molecular complexity index is 221. The highest BCUT2D eigenvalue weighted by molar-refractivity contribution is 5.84. The monoisotopic (exact) mass is 164 g/mol. The summed E-state index contributed by atoms with van der Waals surface area (Å²) in [5, 5.41) is 0. The number of ketones is 1. The number of rotatable bonds is 0. The van der Waals surface area contributed by atoms with Gasteiger partial charge in [-0.3, -0.25) is 4.79 Å². The van der Waals surface area contributed by atoms with Gasteiger partial charge in [-0.1, -0.05) is 12.8 Å². The summed E-state index contributed by atoms with van der Waals surface area (Å²) >= 11 is 0. The molecule has 1 unspecified atom stereocenters. The van der Waals surface area contributed by atoms with E-state index < -0.39 is 0 Å². The van der Waals surface area contributed by atoms with Gasteiger partial charge in [0.1, 0.15) is 5.78 Å². The van der Waals surface area contributed by atoms with E-state index >= 15 is 0 Å². The predicted molar refractivity (Wildman–Crippen MR) is 46.7 cm³/mol. The smallest absolute Gasteiger partial charge is 0.136 e. The van der Waals surface area contributed by atoms with Crippen LogP contribution in [0.25, 0.3) is 0 Å². The molecule has 3 aliphatic carbocycles. The fourth-order valence-corrected chi connectivity index (χ4v) is 4.01. The molecule has 0 heterocycles. The molecule has 0 radical (unpaired) electrons. The third-order valence-electron chi connectivity index (χ3n) is 4.43. The van der Waals surface area contributed by atoms with Gasteiger partial charge in [-0.2, -0.15) is 0 Å². The van der Waals surface area contributed by atoms with Gasteiger partial charge in [0.2, 0.25) is 0 Å². The summed E-state index contributed by atoms with van der Waals surface area (Å²) in [6.07, 6.45) is 7.68. The van der Waals surface area contributed by atoms with Crippen LogP contribution >= 0.6 is 0 Å². The van der Waals surface area contributed by atoms with Gasteiger partial charge >= 0.3 is 0 Å². The molecular formula is C11H16O. The molecule has 0 aromatic carbocycles. The molecule has 0 bridgehead atoms. The number of hydrogen-bond donors (Lipinski definition) is 0. The third kappa shape index (κ3) is 0.773. The molecule has 0 aromatic heterocycles. The summed E-state index contributed by atoms with van der Waals surface area (Å²) in [6.45, 7) is 0. The van der Waals surface area contributed by atoms with Crippen LogP contribution < -0.4 is 0 Å². The first-order chi connectivity index (χ1) is 5.86. The molecule has 3 rings (SSSR count). The van der Waals surface area contributed by atoms with Gasteiger partial charge in [-0.15, -0.1) is 0 Å². The molecule has 0 aliphatic heterocycles. The standard InChI is InChI=1S/C11H16O/c12-10-5-4-8-6-7-2-1-3-9(7)11(8)10/h7-9,11H,1-6H2/t7-,8-,9-,11?/m0/s1. The van der Waals surface area contributed by atoms with Crippen LogP contribution in [0.3, 0.4) is 0 Å². The zero-order valence-electron chi connectivity index (χ0n) is 7.46. The topological polar surface area (TPSA) is 17.1 Å². The minimum Gasteiger partial charge on any atom is -0.299 e. The molecule has 0 N–H and O–H groups in total. The fourth-order valence-electron chi connectivity index (χ4n) is 4.01. The minimum absolute atomic E-state index is 0.525. The zero-order valence-corrected chi connectivity index (χ0v) is 7.46. The first kappa shape index (κ1) is 7.11. The van der Waals surface area contributed by atoms with Crippen molar-refractivity contribution in [3.63, 3.8) is 0 Å². The maximum atomic E-state index is 11.6. The average molecular weight is 164 g/mol. The number of Topliss-reactive ketones (excluding diaryl/α,β-unsaturated/α-hetero) is 1. The summed E-state index contributed by atoms with van der Waals surface area (Å²) in [4.78, 5) is 11.6. The number of hydrogen-bond acceptors (Lipinski definition) is 1. The maximum absolute atomic E-state index is 11.6. The van der Waals surface area contributed by atoms with E-state index in [1.54, 1.807) is 0 Å². The van der Waals surface area contributed by atoms with E-state index in [-0.39, 0.29) is 0 Å². The van der Waals surface area contributed by atoms with Crippen molar-refractivity contribution in [2.45, 2.75) is 38.5 Å². The largest absolute Gasteiger partial charge is 0.299 e. The highest BCUT2D eigenvalue weighted by Crippen LogP contribution is 2.55. The fraction of sp³-hybridized carbons (Fsp3) is 0.909. The van der Waals surface area contributed by atoms with E-state index in [9.17, 15) is 4.79 Å². The molecule has 66 valence electrons. The minimum atomic E-state index is 0.525. The highest BCUT2D eigenvalue weighted by Gasteiger charge is 2.50. The molecule has 0 spiro atoms. The lowest BCUT2D eigenvalue weighted by atomic mass is 9.89. The second kappa shape index (κ2) is 2.34. The Morgan fingerprint density at radius 2 is 2.00 bits per heavy atom. The lowest BCUT2D eigenvalue weighted by Crippen LogP contribution is -2.17. The Balaban J connectivity index is 1.90. The van der Waals surface area contributed by atoms with Gasteiger partial charge in [-0.25, -0.2) is 0 Å². The SMILES string of the molecule is O=C1CC[C@H]2C[C@@H]3CCC[C@@H]3C12. The van der Waals surface area contributed by atoms with Crippen LogP contribution in [0.1, 0.15) is 38.5 Å². The van der Waals surface area contributed by atoms with Crippen molar-refractivity contribution >= 4 is 5.78 Å². The molecule has 3 aliphatic rings. The third-order valence-corrected chi connectivity index (χ3v) is 4.43. The Morgan fingerprint density at radius 3 is 2.92 bits per heavy atom. The normalized spacial score (nSPS) is 51.2. The van der Waals surface area contributed by atoms with E-state index in [4.69, 9.17) is 0 Å². The van der Waals surface area contributed by atoms with Crippen molar-refractivity contribution in [3.05, 3.63) is 0 Å². The summed E-state index contributed by atoms with van der Waals surface area (Å²) in [7, 11) is 0. The molecule has 0 saturated heterocycles. The Kier molecular flexibility index (Phi) is 1.38. The van der Waals surface area contributed by atoms with Gasteiger partial charge in [0.05, 0.1) is 0 Å². The Hall–Kier alpha value is -0.330. The summed E-state index contributed by atoms with van der Waals surface area (Å²) < 4.78 is 0. The van der Waals surface area contributed by atoms with E-state index in [0.717, 1.165) is 24.2 Å². The van der Waals surface area contributed by atoms with Gasteiger partial charge < -0.3 is 0 Å². The summed E-state index contributed by atoms with van der Waals surface area (Å²) in [5.74, 6) is 3.72. The van der Waals surface area contributed by atoms with Gasteiger partial charge in [0, 0.05) is 12.3 Å². The van der Waals surface area contributed by atoms with Crippen LogP contribution in [0.15, 0.2) is 0 Å². The molecule has 12 heavy (non-hydrogen) atoms. The second-order valence-electron chi connectivity index (χ2n) is 4.88. The molecular weight excluding hydrogens is 148 g/mol. The first-order valence-corrected chi connectivity index (χ1v) is 5.39. The lowest BCUT2D eigenvalue weighted by Gasteiger charge is -2.14. The Labute approximate surface area is 73.5 Å². The molecule has 4 atom stereocenters. The van der Waals surface area contributed by atoms with Gasteiger partial charge in [0.15, 0.2) is 0 Å². The van der Waals surface area contributed by atoms with Crippen LogP contribution in [-0.2, 0) is 4.79 Å². The van der Waals surface area contributed by atoms with Crippen molar-refractivity contribution in [3.8, 4) is 0 Å². The van der Waals surface area contributed by atoms with E-state index in [2.05, 4.69) is 0 Å². The van der Waals surface area contributed by atoms with Gasteiger partial charge in [0.25, 0.3) is 0 Å².